The highest BCUT2D eigenvalue weighted by Gasteiger charge is 2.24. The minimum absolute atomic E-state index is 0.0744. The SMILES string of the molecule is CCc1nc(C)c(NS(=O)(=O)c2ncn(C)c2Cl)s1. The second-order valence-corrected chi connectivity index (χ2v) is 6.97. The Morgan fingerprint density at radius 1 is 1.53 bits per heavy atom. The van der Waals surface area contributed by atoms with Crippen molar-refractivity contribution >= 4 is 38.0 Å². The van der Waals surface area contributed by atoms with Gasteiger partial charge >= 0.3 is 0 Å². The number of hydrogen-bond acceptors (Lipinski definition) is 5. The van der Waals surface area contributed by atoms with E-state index in [1.807, 2.05) is 6.92 Å². The zero-order valence-electron chi connectivity index (χ0n) is 10.6. The number of hydrogen-bond donors (Lipinski definition) is 1. The normalized spacial score (nSPS) is 11.8. The summed E-state index contributed by atoms with van der Waals surface area (Å²) in [5.74, 6) is 0. The van der Waals surface area contributed by atoms with Gasteiger partial charge in [-0.05, 0) is 13.3 Å². The number of aromatic nitrogens is 3. The summed E-state index contributed by atoms with van der Waals surface area (Å²) in [6.07, 6.45) is 2.12. The molecule has 0 bridgehead atoms. The summed E-state index contributed by atoms with van der Waals surface area (Å²) in [5, 5.41) is 1.27. The van der Waals surface area contributed by atoms with Crippen molar-refractivity contribution in [2.45, 2.75) is 25.3 Å². The Morgan fingerprint density at radius 3 is 2.68 bits per heavy atom. The highest BCUT2D eigenvalue weighted by Crippen LogP contribution is 2.28. The van der Waals surface area contributed by atoms with E-state index < -0.39 is 10.0 Å². The number of aryl methyl sites for hydroxylation is 3. The van der Waals surface area contributed by atoms with Crippen LogP contribution in [0.25, 0.3) is 0 Å². The third kappa shape index (κ3) is 2.75. The number of nitrogens with zero attached hydrogens (tertiary/aromatic N) is 3. The van der Waals surface area contributed by atoms with Crippen LogP contribution in [0.5, 0.6) is 0 Å². The van der Waals surface area contributed by atoms with Gasteiger partial charge in [0.2, 0.25) is 5.03 Å². The first-order valence-corrected chi connectivity index (χ1v) is 8.19. The maximum Gasteiger partial charge on any atom is 0.283 e. The minimum atomic E-state index is -3.78. The Balaban J connectivity index is 2.36. The van der Waals surface area contributed by atoms with Gasteiger partial charge in [-0.15, -0.1) is 11.3 Å². The van der Waals surface area contributed by atoms with Gasteiger partial charge in [0, 0.05) is 7.05 Å². The van der Waals surface area contributed by atoms with Crippen LogP contribution in [0.2, 0.25) is 5.15 Å². The maximum atomic E-state index is 12.2. The molecule has 2 aromatic heterocycles. The first-order chi connectivity index (χ1) is 8.85. The van der Waals surface area contributed by atoms with E-state index in [2.05, 4.69) is 14.7 Å². The molecule has 104 valence electrons. The van der Waals surface area contributed by atoms with Crippen LogP contribution in [0.4, 0.5) is 5.00 Å². The van der Waals surface area contributed by atoms with Gasteiger partial charge in [-0.2, -0.15) is 8.42 Å². The van der Waals surface area contributed by atoms with Gasteiger partial charge in [0.05, 0.1) is 17.0 Å². The second kappa shape index (κ2) is 5.10. The minimum Gasteiger partial charge on any atom is -0.324 e. The molecule has 0 atom stereocenters. The van der Waals surface area contributed by atoms with Crippen LogP contribution in [-0.4, -0.2) is 23.0 Å². The molecule has 0 aromatic carbocycles. The van der Waals surface area contributed by atoms with Crippen molar-refractivity contribution in [3.63, 3.8) is 0 Å². The summed E-state index contributed by atoms with van der Waals surface area (Å²) < 4.78 is 28.3. The third-order valence-corrected chi connectivity index (χ3v) is 5.64. The Hall–Kier alpha value is -1.12. The van der Waals surface area contributed by atoms with Crippen molar-refractivity contribution in [2.75, 3.05) is 4.72 Å². The topological polar surface area (TPSA) is 76.9 Å². The van der Waals surface area contributed by atoms with Crippen LogP contribution < -0.4 is 4.72 Å². The zero-order chi connectivity index (χ0) is 14.2. The molecule has 0 unspecified atom stereocenters. The van der Waals surface area contributed by atoms with Crippen LogP contribution in [0.15, 0.2) is 11.4 Å². The summed E-state index contributed by atoms with van der Waals surface area (Å²) in [4.78, 5) is 8.07. The average molecular weight is 321 g/mol. The average Bonchev–Trinajstić information content (AvgIpc) is 2.84. The van der Waals surface area contributed by atoms with Gasteiger partial charge in [-0.25, -0.2) is 9.97 Å². The molecule has 2 heterocycles. The summed E-state index contributed by atoms with van der Waals surface area (Å²) in [5.41, 5.74) is 0.650. The van der Waals surface area contributed by atoms with Crippen molar-refractivity contribution < 1.29 is 8.42 Å². The molecule has 0 aliphatic rings. The van der Waals surface area contributed by atoms with E-state index in [0.717, 1.165) is 11.4 Å². The predicted molar refractivity (Wildman–Crippen MR) is 75.3 cm³/mol. The molecule has 0 aliphatic heterocycles. The Bertz CT molecular complexity index is 705. The largest absolute Gasteiger partial charge is 0.324 e. The highest BCUT2D eigenvalue weighted by molar-refractivity contribution is 7.93. The Morgan fingerprint density at radius 2 is 2.21 bits per heavy atom. The lowest BCUT2D eigenvalue weighted by atomic mass is 10.5. The van der Waals surface area contributed by atoms with Gasteiger partial charge in [0.15, 0.2) is 0 Å². The molecule has 0 fully saturated rings. The van der Waals surface area contributed by atoms with E-state index in [4.69, 9.17) is 11.6 Å². The molecule has 2 aromatic rings. The lowest BCUT2D eigenvalue weighted by Crippen LogP contribution is -2.13. The second-order valence-electron chi connectivity index (χ2n) is 3.93. The first kappa shape index (κ1) is 14.3. The van der Waals surface area contributed by atoms with E-state index in [1.165, 1.54) is 22.2 Å². The quantitative estimate of drug-likeness (QED) is 0.937. The molecule has 1 N–H and O–H groups in total. The van der Waals surface area contributed by atoms with Crippen molar-refractivity contribution in [1.29, 1.82) is 0 Å². The molecule has 0 amide bonds. The Kier molecular flexibility index (Phi) is 3.84. The van der Waals surface area contributed by atoms with Gasteiger partial charge in [-0.3, -0.25) is 4.72 Å². The molecule has 9 heteroatoms. The van der Waals surface area contributed by atoms with E-state index in [-0.39, 0.29) is 10.2 Å². The number of anilines is 1. The number of nitrogens with one attached hydrogen (secondary N) is 1. The molecular weight excluding hydrogens is 308 g/mol. The fourth-order valence-electron chi connectivity index (χ4n) is 1.44. The van der Waals surface area contributed by atoms with E-state index in [0.29, 0.717) is 10.7 Å². The Labute approximate surface area is 120 Å². The zero-order valence-corrected chi connectivity index (χ0v) is 13.0. The smallest absolute Gasteiger partial charge is 0.283 e. The maximum absolute atomic E-state index is 12.2. The standard InChI is InChI=1S/C10H13ClN4O2S2/c1-4-7-13-6(2)9(18-7)14-19(16,17)10-8(11)15(3)5-12-10/h5,14H,4H2,1-3H3. The molecule has 19 heavy (non-hydrogen) atoms. The summed E-state index contributed by atoms with van der Waals surface area (Å²) in [6, 6.07) is 0. The van der Waals surface area contributed by atoms with Gasteiger partial charge in [0.25, 0.3) is 10.0 Å². The van der Waals surface area contributed by atoms with Crippen molar-refractivity contribution in [3.05, 3.63) is 22.2 Å². The summed E-state index contributed by atoms with van der Waals surface area (Å²) >= 11 is 7.22. The van der Waals surface area contributed by atoms with E-state index >= 15 is 0 Å². The van der Waals surface area contributed by atoms with Crippen molar-refractivity contribution in [2.24, 2.45) is 7.05 Å². The summed E-state index contributed by atoms with van der Waals surface area (Å²) in [6.45, 7) is 3.72. The van der Waals surface area contributed by atoms with Crippen LogP contribution >= 0.6 is 22.9 Å². The fourth-order valence-corrected chi connectivity index (χ4v) is 4.13. The lowest BCUT2D eigenvalue weighted by Gasteiger charge is -2.04. The molecule has 2 rings (SSSR count). The van der Waals surface area contributed by atoms with Crippen LogP contribution in [-0.2, 0) is 23.5 Å². The number of imidazole rings is 1. The molecule has 0 saturated carbocycles. The number of thiazole rings is 1. The van der Waals surface area contributed by atoms with Crippen molar-refractivity contribution in [1.82, 2.24) is 14.5 Å². The summed E-state index contributed by atoms with van der Waals surface area (Å²) in [7, 11) is -2.16. The molecule has 6 nitrogen and oxygen atoms in total. The van der Waals surface area contributed by atoms with Gasteiger partial charge < -0.3 is 4.57 Å². The molecule has 0 spiro atoms. The first-order valence-electron chi connectivity index (χ1n) is 5.51. The third-order valence-electron chi connectivity index (χ3n) is 2.46. The molecule has 0 saturated heterocycles. The molecular formula is C10H13ClN4O2S2. The van der Waals surface area contributed by atoms with Crippen molar-refractivity contribution in [3.8, 4) is 0 Å². The van der Waals surface area contributed by atoms with Crippen LogP contribution in [0.3, 0.4) is 0 Å². The number of sulfonamides is 1. The lowest BCUT2D eigenvalue weighted by molar-refractivity contribution is 0.598. The molecule has 0 aliphatic carbocycles. The predicted octanol–water partition coefficient (Wildman–Crippen LogP) is 2.20. The van der Waals surface area contributed by atoms with Gasteiger partial charge in [-0.1, -0.05) is 18.5 Å². The number of halogens is 1. The highest BCUT2D eigenvalue weighted by atomic mass is 35.5. The fraction of sp³-hybridized carbons (Fsp3) is 0.400. The van der Waals surface area contributed by atoms with E-state index in [9.17, 15) is 8.42 Å². The monoisotopic (exact) mass is 320 g/mol. The number of rotatable bonds is 4. The molecule has 0 radical (unpaired) electrons. The van der Waals surface area contributed by atoms with E-state index in [1.54, 1.807) is 14.0 Å². The van der Waals surface area contributed by atoms with Crippen LogP contribution in [0, 0.1) is 6.92 Å². The van der Waals surface area contributed by atoms with Crippen LogP contribution in [0.1, 0.15) is 17.6 Å². The van der Waals surface area contributed by atoms with Gasteiger partial charge in [0.1, 0.15) is 10.2 Å².